The molecule has 65 heavy (non-hydrogen) atoms. The van der Waals surface area contributed by atoms with Crippen molar-refractivity contribution in [2.75, 3.05) is 20.8 Å². The first-order chi connectivity index (χ1) is 31.1. The largest absolute Gasteiger partial charge is 0.453 e. The van der Waals surface area contributed by atoms with Crippen LogP contribution >= 0.6 is 0 Å². The maximum Gasteiger partial charge on any atom is 0.407 e. The highest BCUT2D eigenvalue weighted by Crippen LogP contribution is 2.53. The van der Waals surface area contributed by atoms with Crippen LogP contribution in [-0.4, -0.2) is 92.6 Å². The molecule has 0 unspecified atom stereocenters. The number of alkyl halides is 2. The average molecular weight is 888 g/mol. The number of likely N-dealkylation sites (tertiary alicyclic amines) is 2. The molecule has 1 saturated carbocycles. The molecule has 9 rings (SSSR count). The Hall–Kier alpha value is -6.83. The number of imidazole rings is 2. The lowest BCUT2D eigenvalue weighted by atomic mass is 9.95. The first kappa shape index (κ1) is 43.4. The summed E-state index contributed by atoms with van der Waals surface area (Å²) in [7, 11) is 2.49. The fraction of sp³-hybridized carbons (Fsp3) is 0.438. The van der Waals surface area contributed by atoms with Crippen LogP contribution in [0.4, 0.5) is 18.4 Å². The van der Waals surface area contributed by atoms with Gasteiger partial charge in [-0.25, -0.2) is 19.6 Å². The van der Waals surface area contributed by atoms with Gasteiger partial charge < -0.3 is 39.9 Å². The van der Waals surface area contributed by atoms with Crippen LogP contribution in [0.5, 0.6) is 0 Å². The Balaban J connectivity index is 0.961. The zero-order valence-corrected chi connectivity index (χ0v) is 36.9. The van der Waals surface area contributed by atoms with Crippen molar-refractivity contribution in [1.29, 1.82) is 5.26 Å². The van der Waals surface area contributed by atoms with Gasteiger partial charge in [-0.1, -0.05) is 58.0 Å². The van der Waals surface area contributed by atoms with E-state index in [2.05, 4.69) is 31.7 Å². The summed E-state index contributed by atoms with van der Waals surface area (Å²) >= 11 is 0. The number of methoxy groups -OCH3 is 2. The number of nitriles is 1. The zero-order chi connectivity index (χ0) is 46.1. The number of alkyl carbamates (subject to hydrolysis) is 2. The molecule has 4 amide bonds. The second kappa shape index (κ2) is 16.6. The van der Waals surface area contributed by atoms with Crippen molar-refractivity contribution in [3.63, 3.8) is 0 Å². The summed E-state index contributed by atoms with van der Waals surface area (Å²) in [4.78, 5) is 71.8. The number of nitrogens with one attached hydrogen (secondary N) is 4. The second-order valence-corrected chi connectivity index (χ2v) is 18.3. The van der Waals surface area contributed by atoms with Crippen molar-refractivity contribution in [3.8, 4) is 39.6 Å². The third-order valence-electron chi connectivity index (χ3n) is 13.7. The highest BCUT2D eigenvalue weighted by molar-refractivity contribution is 5.89. The molecule has 338 valence electrons. The molecule has 2 aliphatic carbocycles. The maximum absolute atomic E-state index is 16.6. The molecule has 15 nitrogen and oxygen atoms in total. The number of ether oxygens (including phenoxy) is 2. The Morgan fingerprint density at radius 2 is 1.43 bits per heavy atom. The molecule has 2 aliphatic heterocycles. The van der Waals surface area contributed by atoms with Gasteiger partial charge in [0.15, 0.2) is 0 Å². The van der Waals surface area contributed by atoms with Crippen molar-refractivity contribution in [3.05, 3.63) is 83.6 Å². The summed E-state index contributed by atoms with van der Waals surface area (Å²) in [6, 6.07) is 15.3. The Morgan fingerprint density at radius 3 is 2.08 bits per heavy atom. The van der Waals surface area contributed by atoms with Crippen molar-refractivity contribution in [2.24, 2.45) is 23.7 Å². The summed E-state index contributed by atoms with van der Waals surface area (Å²) in [5.41, 5.74) is 4.26. The average Bonchev–Trinajstić information content (AvgIpc) is 4.17. The molecule has 4 aliphatic rings. The number of hydrogen-bond donors (Lipinski definition) is 4. The van der Waals surface area contributed by atoms with Crippen LogP contribution in [0.2, 0.25) is 0 Å². The van der Waals surface area contributed by atoms with Crippen LogP contribution in [0, 0.1) is 35.0 Å². The third kappa shape index (κ3) is 7.51. The number of nitrogens with zero attached hydrogens (tertiary/aromatic N) is 5. The van der Waals surface area contributed by atoms with Gasteiger partial charge >= 0.3 is 12.2 Å². The minimum atomic E-state index is -3.33. The van der Waals surface area contributed by atoms with Gasteiger partial charge in [0.25, 0.3) is 5.92 Å². The van der Waals surface area contributed by atoms with E-state index in [1.807, 2.05) is 43.0 Å². The normalized spacial score (nSPS) is 22.4. The lowest BCUT2D eigenvalue weighted by Crippen LogP contribution is -2.54. The number of hydrogen-bond acceptors (Lipinski definition) is 9. The number of aromatic nitrogens is 4. The predicted octanol–water partition coefficient (Wildman–Crippen LogP) is 7.97. The minimum Gasteiger partial charge on any atom is -0.453 e. The van der Waals surface area contributed by atoms with E-state index in [0.717, 1.165) is 24.8 Å². The number of amides is 4. The molecule has 4 heterocycles. The Bertz CT molecular complexity index is 2760. The van der Waals surface area contributed by atoms with E-state index in [1.165, 1.54) is 31.3 Å². The molecular weight excluding hydrogens is 837 g/mol. The lowest BCUT2D eigenvalue weighted by Gasteiger charge is -2.37. The fourth-order valence-corrected chi connectivity index (χ4v) is 10.4. The highest BCUT2D eigenvalue weighted by Gasteiger charge is 2.52. The zero-order valence-electron chi connectivity index (χ0n) is 36.9. The van der Waals surface area contributed by atoms with Crippen LogP contribution in [0.25, 0.3) is 44.5 Å². The maximum atomic E-state index is 16.6. The number of aromatic amines is 2. The molecule has 7 atom stereocenters. The number of benzene rings is 3. The lowest BCUT2D eigenvalue weighted by molar-refractivity contribution is -0.139. The quantitative estimate of drug-likeness (QED) is 0.107. The first-order valence-corrected chi connectivity index (χ1v) is 22.1. The van der Waals surface area contributed by atoms with E-state index in [4.69, 9.17) is 14.5 Å². The van der Waals surface area contributed by atoms with Gasteiger partial charge in [0, 0.05) is 29.3 Å². The molecule has 5 aromatic rings. The van der Waals surface area contributed by atoms with Crippen LogP contribution in [0.1, 0.15) is 88.2 Å². The second-order valence-electron chi connectivity index (χ2n) is 18.3. The van der Waals surface area contributed by atoms with E-state index in [9.17, 15) is 24.4 Å². The van der Waals surface area contributed by atoms with Gasteiger partial charge in [-0.05, 0) is 90.0 Å². The van der Waals surface area contributed by atoms with Crippen LogP contribution < -0.4 is 10.6 Å². The molecule has 2 saturated heterocycles. The Labute approximate surface area is 374 Å². The summed E-state index contributed by atoms with van der Waals surface area (Å²) in [5.74, 6) is -3.52. The van der Waals surface area contributed by atoms with Gasteiger partial charge in [-0.15, -0.1) is 0 Å². The molecule has 4 N–H and O–H groups in total. The van der Waals surface area contributed by atoms with Crippen molar-refractivity contribution in [2.45, 2.75) is 89.5 Å². The van der Waals surface area contributed by atoms with Gasteiger partial charge in [0.2, 0.25) is 11.8 Å². The third-order valence-corrected chi connectivity index (χ3v) is 13.7. The highest BCUT2D eigenvalue weighted by atomic mass is 19.3. The predicted molar refractivity (Wildman–Crippen MR) is 235 cm³/mol. The van der Waals surface area contributed by atoms with Crippen LogP contribution in [0.15, 0.2) is 60.8 Å². The smallest absolute Gasteiger partial charge is 0.407 e. The summed E-state index contributed by atoms with van der Waals surface area (Å²) < 4.78 is 42.8. The van der Waals surface area contributed by atoms with Crippen LogP contribution in [-0.2, 0) is 25.0 Å². The van der Waals surface area contributed by atoms with Gasteiger partial charge in [-0.2, -0.15) is 14.0 Å². The Morgan fingerprint density at radius 1 is 0.815 bits per heavy atom. The first-order valence-electron chi connectivity index (χ1n) is 22.1. The number of H-pyrrole nitrogens is 2. The van der Waals surface area contributed by atoms with Crippen molar-refractivity contribution in [1.82, 2.24) is 40.4 Å². The number of piperidine rings is 1. The SMILES string of the molecule is COC(=O)N[C@H](C(=O)N1C[C@@H](C#N)C[C@H]1c1ncc(-c2ccc3c(c2)C(F)(F)c2cc(-c4ccc5nc([C@@H]6[C@@H]7CC[C@H](C7)N6C(=O)[C@@H](NC(=O)OC)C(C)C)[nH]c5c4)ccc2-3)[nH]1)C(C)C. The molecule has 3 fully saturated rings. The van der Waals surface area contributed by atoms with Crippen LogP contribution in [0.3, 0.4) is 0 Å². The number of carbonyl (C=O) groups excluding carboxylic acids is 4. The summed E-state index contributed by atoms with van der Waals surface area (Å²) in [6.07, 6.45) is 3.13. The molecule has 2 bridgehead atoms. The topological polar surface area (TPSA) is 198 Å². The molecule has 17 heteroatoms. The fourth-order valence-electron chi connectivity index (χ4n) is 10.4. The standard InChI is InChI=1S/C48H51F2N9O6/c1-23(2)39(56-46(62)64-5)44(60)58-22-25(20-51)15-38(58)42-52-21-37(55-42)28-9-13-32-31-12-8-26(17-33(31)48(49,50)34(32)18-28)27-10-14-35-36(19-27)54-43(53-35)41-29-7-11-30(16-29)59(41)45(61)40(24(3)4)57-47(63)65-6/h8-10,12-14,17-19,21,23-25,29-30,38-41H,7,11,15-16,22H2,1-6H3,(H,52,55)(H,53,54)(H,56,62)(H,57,63)/t25-,29-,30-,38+,39+,40+,41+/m1/s1. The molecule has 3 aromatic carbocycles. The molecular formula is C48H51F2N9O6. The Kier molecular flexibility index (Phi) is 11.1. The number of carbonyl (C=O) groups is 4. The molecule has 0 radical (unpaired) electrons. The van der Waals surface area contributed by atoms with E-state index in [1.54, 1.807) is 38.2 Å². The number of fused-ring (bicyclic) bond motifs is 6. The summed E-state index contributed by atoms with van der Waals surface area (Å²) in [5, 5.41) is 15.1. The molecule has 2 aromatic heterocycles. The van der Waals surface area contributed by atoms with E-state index >= 15 is 8.78 Å². The minimum absolute atomic E-state index is 0.0347. The molecule has 0 spiro atoms. The number of rotatable bonds is 10. The summed E-state index contributed by atoms with van der Waals surface area (Å²) in [6.45, 7) is 7.51. The van der Waals surface area contributed by atoms with Gasteiger partial charge in [0.1, 0.15) is 23.7 Å². The van der Waals surface area contributed by atoms with Crippen molar-refractivity contribution < 1.29 is 37.4 Å². The van der Waals surface area contributed by atoms with Crippen molar-refractivity contribution >= 4 is 35.0 Å². The van der Waals surface area contributed by atoms with E-state index < -0.39 is 42.2 Å². The number of halogens is 2. The van der Waals surface area contributed by atoms with Gasteiger partial charge in [-0.3, -0.25) is 9.59 Å². The monoisotopic (exact) mass is 887 g/mol. The van der Waals surface area contributed by atoms with Gasteiger partial charge in [0.05, 0.1) is 61.2 Å². The van der Waals surface area contributed by atoms with E-state index in [0.29, 0.717) is 57.1 Å². The van der Waals surface area contributed by atoms with E-state index in [-0.39, 0.29) is 59.3 Å².